The normalized spacial score (nSPS) is 12.0. The molecule has 2 heterocycles. The third-order valence-electron chi connectivity index (χ3n) is 2.37. The molecule has 0 bridgehead atoms. The van der Waals surface area contributed by atoms with E-state index in [9.17, 15) is 13.2 Å². The lowest BCUT2D eigenvalue weighted by Crippen LogP contribution is -2.07. The summed E-state index contributed by atoms with van der Waals surface area (Å²) in [7, 11) is 0. The van der Waals surface area contributed by atoms with Gasteiger partial charge in [0.25, 0.3) is 0 Å². The molecule has 0 atom stereocenters. The summed E-state index contributed by atoms with van der Waals surface area (Å²) in [6, 6.07) is 0. The number of halogens is 3. The van der Waals surface area contributed by atoms with Crippen LogP contribution in [0.4, 0.5) is 19.0 Å². The van der Waals surface area contributed by atoms with Crippen LogP contribution in [0, 0.1) is 0 Å². The highest BCUT2D eigenvalue weighted by Gasteiger charge is 2.35. The monoisotopic (exact) mass is 259 g/mol. The summed E-state index contributed by atoms with van der Waals surface area (Å²) in [5.74, 6) is -0.739. The van der Waals surface area contributed by atoms with Gasteiger partial charge in [-0.05, 0) is 6.42 Å². The smallest absolute Gasteiger partial charge is 0.368 e. The lowest BCUT2D eigenvalue weighted by atomic mass is 10.3. The van der Waals surface area contributed by atoms with E-state index in [-0.39, 0.29) is 11.2 Å². The van der Waals surface area contributed by atoms with Gasteiger partial charge in [0.1, 0.15) is 6.33 Å². The van der Waals surface area contributed by atoms with Gasteiger partial charge < -0.3 is 10.3 Å². The number of nitrogens with zero attached hydrogens (tertiary/aromatic N) is 3. The minimum absolute atomic E-state index is 0.0799. The van der Waals surface area contributed by atoms with Crippen molar-refractivity contribution in [1.82, 2.24) is 19.9 Å². The van der Waals surface area contributed by atoms with Crippen molar-refractivity contribution in [3.63, 3.8) is 0 Å². The predicted octanol–water partition coefficient (Wildman–Crippen LogP) is 2.58. The van der Waals surface area contributed by atoms with Gasteiger partial charge in [0.2, 0.25) is 5.82 Å². The Kier molecular flexibility index (Phi) is 3.35. The van der Waals surface area contributed by atoms with E-state index in [4.69, 9.17) is 0 Å². The molecule has 0 aliphatic rings. The van der Waals surface area contributed by atoms with Crippen molar-refractivity contribution in [1.29, 1.82) is 0 Å². The molecule has 2 N–H and O–H groups in total. The molecule has 98 valence electrons. The number of imidazole rings is 1. The molecule has 0 amide bonds. The maximum Gasteiger partial charge on any atom is 0.449 e. The van der Waals surface area contributed by atoms with Gasteiger partial charge in [0.05, 0.1) is 0 Å². The molecular formula is C10H12F3N5. The van der Waals surface area contributed by atoms with Gasteiger partial charge in [-0.25, -0.2) is 15.0 Å². The molecule has 0 unspecified atom stereocenters. The first-order valence-electron chi connectivity index (χ1n) is 5.54. The van der Waals surface area contributed by atoms with Crippen LogP contribution in [0.25, 0.3) is 11.2 Å². The quantitative estimate of drug-likeness (QED) is 0.828. The first kappa shape index (κ1) is 12.6. The van der Waals surface area contributed by atoms with E-state index < -0.39 is 12.0 Å². The van der Waals surface area contributed by atoms with Crippen molar-refractivity contribution >= 4 is 17.0 Å². The molecule has 2 aromatic rings. The second kappa shape index (κ2) is 4.79. The molecular weight excluding hydrogens is 247 g/mol. The number of anilines is 1. The highest BCUT2D eigenvalue weighted by atomic mass is 19.4. The maximum absolute atomic E-state index is 12.5. The lowest BCUT2D eigenvalue weighted by molar-refractivity contribution is -0.144. The molecule has 18 heavy (non-hydrogen) atoms. The summed E-state index contributed by atoms with van der Waals surface area (Å²) in [5, 5.41) is 2.95. The van der Waals surface area contributed by atoms with E-state index >= 15 is 0 Å². The van der Waals surface area contributed by atoms with Gasteiger partial charge in [-0.2, -0.15) is 13.2 Å². The van der Waals surface area contributed by atoms with E-state index in [0.29, 0.717) is 12.4 Å². The molecule has 0 aliphatic heterocycles. The molecule has 0 radical (unpaired) electrons. The summed E-state index contributed by atoms with van der Waals surface area (Å²) in [6.45, 7) is 2.66. The molecule has 2 rings (SSSR count). The Hall–Kier alpha value is -1.86. The number of hydrogen-bond donors (Lipinski definition) is 2. The Morgan fingerprint density at radius 3 is 2.78 bits per heavy atom. The first-order chi connectivity index (χ1) is 8.52. The number of H-pyrrole nitrogens is 1. The second-order valence-electron chi connectivity index (χ2n) is 3.78. The highest BCUT2D eigenvalue weighted by molar-refractivity contribution is 5.82. The molecule has 0 saturated heterocycles. The third kappa shape index (κ3) is 2.52. The van der Waals surface area contributed by atoms with Crippen LogP contribution < -0.4 is 5.32 Å². The van der Waals surface area contributed by atoms with Gasteiger partial charge in [-0.15, -0.1) is 0 Å². The van der Waals surface area contributed by atoms with Crippen LogP contribution in [0.3, 0.4) is 0 Å². The fourth-order valence-electron chi connectivity index (χ4n) is 1.48. The third-order valence-corrected chi connectivity index (χ3v) is 2.37. The van der Waals surface area contributed by atoms with E-state index in [1.54, 1.807) is 0 Å². The largest absolute Gasteiger partial charge is 0.449 e. The topological polar surface area (TPSA) is 66.5 Å². The van der Waals surface area contributed by atoms with Crippen LogP contribution in [-0.2, 0) is 6.18 Å². The van der Waals surface area contributed by atoms with Crippen LogP contribution >= 0.6 is 0 Å². The second-order valence-corrected chi connectivity index (χ2v) is 3.78. The summed E-state index contributed by atoms with van der Waals surface area (Å²) >= 11 is 0. The molecule has 0 saturated carbocycles. The molecule has 0 fully saturated rings. The molecule has 2 aromatic heterocycles. The van der Waals surface area contributed by atoms with E-state index in [0.717, 1.165) is 12.8 Å². The zero-order valence-electron chi connectivity index (χ0n) is 9.67. The average molecular weight is 259 g/mol. The van der Waals surface area contributed by atoms with Crippen molar-refractivity contribution in [2.75, 3.05) is 11.9 Å². The maximum atomic E-state index is 12.5. The van der Waals surface area contributed by atoms with Crippen molar-refractivity contribution in [3.8, 4) is 0 Å². The van der Waals surface area contributed by atoms with Crippen molar-refractivity contribution in [2.24, 2.45) is 0 Å². The van der Waals surface area contributed by atoms with Crippen molar-refractivity contribution in [2.45, 2.75) is 25.9 Å². The fraction of sp³-hybridized carbons (Fsp3) is 0.500. The molecule has 0 aliphatic carbocycles. The number of aromatic amines is 1. The number of alkyl halides is 3. The standard InChI is InChI=1S/C10H12F3N5/c1-2-3-4-14-7-6-8(16-5-15-7)18-9(17-6)10(11,12)13/h5H,2-4H2,1H3,(H2,14,15,16,17,18). The van der Waals surface area contributed by atoms with Crippen LogP contribution in [-0.4, -0.2) is 26.5 Å². The van der Waals surface area contributed by atoms with Crippen molar-refractivity contribution < 1.29 is 13.2 Å². The van der Waals surface area contributed by atoms with Crippen LogP contribution in [0.2, 0.25) is 0 Å². The summed E-state index contributed by atoms with van der Waals surface area (Å²) in [4.78, 5) is 13.3. The van der Waals surface area contributed by atoms with Crippen molar-refractivity contribution in [3.05, 3.63) is 12.2 Å². The molecule has 8 heteroatoms. The lowest BCUT2D eigenvalue weighted by Gasteiger charge is -2.03. The number of unbranched alkanes of at least 4 members (excludes halogenated alkanes) is 1. The van der Waals surface area contributed by atoms with E-state index in [1.807, 2.05) is 6.92 Å². The Bertz CT molecular complexity index is 534. The summed E-state index contributed by atoms with van der Waals surface area (Å²) in [5.41, 5.74) is 0.192. The zero-order chi connectivity index (χ0) is 13.2. The van der Waals surface area contributed by atoms with Crippen LogP contribution in [0.5, 0.6) is 0 Å². The number of nitrogens with one attached hydrogen (secondary N) is 2. The van der Waals surface area contributed by atoms with Gasteiger partial charge in [0, 0.05) is 6.54 Å². The first-order valence-corrected chi connectivity index (χ1v) is 5.54. The number of rotatable bonds is 4. The highest BCUT2D eigenvalue weighted by Crippen LogP contribution is 2.29. The summed E-state index contributed by atoms with van der Waals surface area (Å²) in [6.07, 6.45) is -1.42. The number of fused-ring (bicyclic) bond motifs is 1. The molecule has 5 nitrogen and oxygen atoms in total. The van der Waals surface area contributed by atoms with Crippen LogP contribution in [0.1, 0.15) is 25.6 Å². The SMILES string of the molecule is CCCCNc1ncnc2[nH]c(C(F)(F)F)nc12. The minimum atomic E-state index is -4.51. The minimum Gasteiger partial charge on any atom is -0.368 e. The molecule has 0 spiro atoms. The fourth-order valence-corrected chi connectivity index (χ4v) is 1.48. The number of aromatic nitrogens is 4. The van der Waals surface area contributed by atoms with E-state index in [1.165, 1.54) is 6.33 Å². The van der Waals surface area contributed by atoms with Gasteiger partial charge in [-0.1, -0.05) is 13.3 Å². The Balaban J connectivity index is 2.33. The summed E-state index contributed by atoms with van der Waals surface area (Å²) < 4.78 is 37.5. The Labute approximate surface area is 101 Å². The average Bonchev–Trinajstić information content (AvgIpc) is 2.73. The van der Waals surface area contributed by atoms with Crippen LogP contribution in [0.15, 0.2) is 6.33 Å². The number of hydrogen-bond acceptors (Lipinski definition) is 4. The van der Waals surface area contributed by atoms with E-state index in [2.05, 4.69) is 25.3 Å². The Morgan fingerprint density at radius 1 is 1.33 bits per heavy atom. The van der Waals surface area contributed by atoms with Gasteiger partial charge >= 0.3 is 6.18 Å². The zero-order valence-corrected chi connectivity index (χ0v) is 9.67. The molecule has 0 aromatic carbocycles. The Morgan fingerprint density at radius 2 is 2.11 bits per heavy atom. The van der Waals surface area contributed by atoms with Gasteiger partial charge in [0.15, 0.2) is 17.0 Å². The predicted molar refractivity (Wildman–Crippen MR) is 60.1 cm³/mol. The van der Waals surface area contributed by atoms with Gasteiger partial charge in [-0.3, -0.25) is 0 Å².